The molecule has 1 aliphatic carbocycles. The Morgan fingerprint density at radius 3 is 1.94 bits per heavy atom. The average Bonchev–Trinajstić information content (AvgIpc) is 2.84. The molecule has 36 heavy (non-hydrogen) atoms. The van der Waals surface area contributed by atoms with Crippen LogP contribution in [0.15, 0.2) is 76.5 Å². The van der Waals surface area contributed by atoms with Gasteiger partial charge in [-0.15, -0.1) is 0 Å². The monoisotopic (exact) mass is 550 g/mol. The van der Waals surface area contributed by atoms with Gasteiger partial charge in [-0.05, 0) is 91.1 Å². The smallest absolute Gasteiger partial charge is 0.261 e. The van der Waals surface area contributed by atoms with Crippen LogP contribution < -0.4 is 4.72 Å². The van der Waals surface area contributed by atoms with Crippen molar-refractivity contribution in [3.05, 3.63) is 88.7 Å². The molecule has 1 N–H and O–H groups in total. The minimum atomic E-state index is -3.94. The van der Waals surface area contributed by atoms with E-state index in [1.807, 2.05) is 12.1 Å². The molecule has 4 rings (SSSR count). The topological polar surface area (TPSA) is 83.6 Å². The average molecular weight is 551 g/mol. The minimum absolute atomic E-state index is 0.0146. The number of benzene rings is 3. The first-order valence-corrected chi connectivity index (χ1v) is 14.9. The molecular formula is C26H28ClFN2O4S2. The second-order valence-electron chi connectivity index (χ2n) is 9.17. The van der Waals surface area contributed by atoms with Crippen molar-refractivity contribution in [2.75, 3.05) is 18.8 Å². The van der Waals surface area contributed by atoms with E-state index in [-0.39, 0.29) is 27.4 Å². The van der Waals surface area contributed by atoms with Gasteiger partial charge in [-0.3, -0.25) is 4.72 Å². The van der Waals surface area contributed by atoms with Crippen molar-refractivity contribution in [3.8, 4) is 0 Å². The van der Waals surface area contributed by atoms with Crippen molar-refractivity contribution in [1.82, 2.24) is 4.31 Å². The van der Waals surface area contributed by atoms with Gasteiger partial charge < -0.3 is 0 Å². The molecule has 3 aromatic carbocycles. The summed E-state index contributed by atoms with van der Waals surface area (Å²) in [5.41, 5.74) is 2.05. The molecule has 3 aromatic rings. The normalized spacial score (nSPS) is 18.8. The number of hydrogen-bond donors (Lipinski definition) is 1. The molecule has 0 aliphatic heterocycles. The van der Waals surface area contributed by atoms with Gasteiger partial charge in [-0.25, -0.2) is 25.5 Å². The van der Waals surface area contributed by atoms with Crippen molar-refractivity contribution in [2.45, 2.75) is 47.3 Å². The Balaban J connectivity index is 1.51. The molecule has 0 bridgehead atoms. The van der Waals surface area contributed by atoms with Crippen LogP contribution in [0, 0.1) is 5.82 Å². The van der Waals surface area contributed by atoms with Crippen molar-refractivity contribution >= 4 is 37.3 Å². The summed E-state index contributed by atoms with van der Waals surface area (Å²) < 4.78 is 68.9. The number of nitrogens with one attached hydrogen (secondary N) is 1. The molecule has 0 atom stereocenters. The summed E-state index contributed by atoms with van der Waals surface area (Å²) in [6, 6.07) is 17.2. The molecule has 0 radical (unpaired) electrons. The summed E-state index contributed by atoms with van der Waals surface area (Å²) >= 11 is 5.89. The van der Waals surface area contributed by atoms with E-state index in [0.29, 0.717) is 16.3 Å². The summed E-state index contributed by atoms with van der Waals surface area (Å²) in [5, 5.41) is 0.375. The zero-order valence-electron chi connectivity index (χ0n) is 20.0. The van der Waals surface area contributed by atoms with Gasteiger partial charge in [0.05, 0.1) is 15.5 Å². The van der Waals surface area contributed by atoms with E-state index in [1.54, 1.807) is 24.3 Å². The van der Waals surface area contributed by atoms with E-state index in [1.165, 1.54) is 44.4 Å². The molecular weight excluding hydrogens is 523 g/mol. The van der Waals surface area contributed by atoms with E-state index in [4.69, 9.17) is 11.6 Å². The highest BCUT2D eigenvalue weighted by molar-refractivity contribution is 7.92. The molecule has 1 saturated carbocycles. The Bertz CT molecular complexity index is 1450. The molecule has 1 aliphatic rings. The lowest BCUT2D eigenvalue weighted by Crippen LogP contribution is -2.22. The van der Waals surface area contributed by atoms with Crippen LogP contribution in [0.2, 0.25) is 5.02 Å². The lowest BCUT2D eigenvalue weighted by atomic mass is 9.76. The van der Waals surface area contributed by atoms with Crippen LogP contribution in [0.5, 0.6) is 0 Å². The first kappa shape index (κ1) is 26.6. The molecule has 0 spiro atoms. The zero-order chi connectivity index (χ0) is 26.1. The van der Waals surface area contributed by atoms with Gasteiger partial charge in [-0.2, -0.15) is 0 Å². The molecule has 0 aromatic heterocycles. The van der Waals surface area contributed by atoms with Gasteiger partial charge >= 0.3 is 0 Å². The Morgan fingerprint density at radius 1 is 0.806 bits per heavy atom. The summed E-state index contributed by atoms with van der Waals surface area (Å²) in [7, 11) is -4.77. The second kappa shape index (κ2) is 10.5. The number of para-hydroxylation sites is 1. The van der Waals surface area contributed by atoms with Crippen LogP contribution in [0.3, 0.4) is 0 Å². The predicted molar refractivity (Wildman–Crippen MR) is 140 cm³/mol. The Labute approximate surface area is 217 Å². The van der Waals surface area contributed by atoms with E-state index >= 15 is 0 Å². The quantitative estimate of drug-likeness (QED) is 0.393. The van der Waals surface area contributed by atoms with Crippen LogP contribution >= 0.6 is 11.6 Å². The summed E-state index contributed by atoms with van der Waals surface area (Å²) in [5.74, 6) is -0.0639. The molecule has 10 heteroatoms. The fourth-order valence-electron chi connectivity index (χ4n) is 4.70. The third kappa shape index (κ3) is 5.59. The van der Waals surface area contributed by atoms with E-state index in [0.717, 1.165) is 35.6 Å². The predicted octanol–water partition coefficient (Wildman–Crippen LogP) is 5.97. The SMILES string of the molecule is CN(C)S(=O)(=O)c1ccc(S(=O)(=O)Nc2ccccc2C2CCC(c3ccc(Cl)cc3F)CC2)cc1. The Kier molecular flexibility index (Phi) is 7.75. The molecule has 0 unspecified atom stereocenters. The van der Waals surface area contributed by atoms with Crippen molar-refractivity contribution in [2.24, 2.45) is 0 Å². The number of anilines is 1. The third-order valence-corrected chi connectivity index (χ3v) is 10.1. The molecule has 192 valence electrons. The number of sulfonamides is 2. The van der Waals surface area contributed by atoms with Gasteiger partial charge in [0.15, 0.2) is 0 Å². The van der Waals surface area contributed by atoms with Gasteiger partial charge in [0, 0.05) is 19.1 Å². The fraction of sp³-hybridized carbons (Fsp3) is 0.308. The number of rotatable bonds is 7. The van der Waals surface area contributed by atoms with Crippen molar-refractivity contribution in [1.29, 1.82) is 0 Å². The van der Waals surface area contributed by atoms with Crippen LogP contribution in [0.4, 0.5) is 10.1 Å². The van der Waals surface area contributed by atoms with Crippen LogP contribution in [-0.4, -0.2) is 35.2 Å². The first-order valence-electron chi connectivity index (χ1n) is 11.6. The first-order chi connectivity index (χ1) is 17.0. The molecule has 6 nitrogen and oxygen atoms in total. The number of halogens is 2. The lowest BCUT2D eigenvalue weighted by Gasteiger charge is -2.30. The highest BCUT2D eigenvalue weighted by Gasteiger charge is 2.28. The van der Waals surface area contributed by atoms with E-state index in [9.17, 15) is 21.2 Å². The second-order valence-corrected chi connectivity index (χ2v) is 13.4. The fourth-order valence-corrected chi connectivity index (χ4v) is 6.85. The lowest BCUT2D eigenvalue weighted by molar-refractivity contribution is 0.388. The molecule has 0 saturated heterocycles. The van der Waals surface area contributed by atoms with Crippen LogP contribution in [0.25, 0.3) is 0 Å². The van der Waals surface area contributed by atoms with Crippen LogP contribution in [-0.2, 0) is 20.0 Å². The third-order valence-electron chi connectivity index (χ3n) is 6.69. The number of hydrogen-bond acceptors (Lipinski definition) is 4. The molecule has 1 fully saturated rings. The maximum absolute atomic E-state index is 14.4. The summed E-state index contributed by atoms with van der Waals surface area (Å²) in [6.07, 6.45) is 3.16. The maximum Gasteiger partial charge on any atom is 0.261 e. The molecule has 0 heterocycles. The Morgan fingerprint density at radius 2 is 1.36 bits per heavy atom. The van der Waals surface area contributed by atoms with Crippen molar-refractivity contribution < 1.29 is 21.2 Å². The van der Waals surface area contributed by atoms with Gasteiger partial charge in [-0.1, -0.05) is 35.9 Å². The highest BCUT2D eigenvalue weighted by atomic mass is 35.5. The Hall–Kier alpha value is -2.46. The highest BCUT2D eigenvalue weighted by Crippen LogP contribution is 2.43. The largest absolute Gasteiger partial charge is 0.279 e. The maximum atomic E-state index is 14.4. The number of nitrogens with zero attached hydrogens (tertiary/aromatic N) is 1. The zero-order valence-corrected chi connectivity index (χ0v) is 22.4. The summed E-state index contributed by atoms with van der Waals surface area (Å²) in [6.45, 7) is 0. The van der Waals surface area contributed by atoms with E-state index in [2.05, 4.69) is 4.72 Å². The minimum Gasteiger partial charge on any atom is -0.279 e. The van der Waals surface area contributed by atoms with E-state index < -0.39 is 20.0 Å². The van der Waals surface area contributed by atoms with Crippen LogP contribution in [0.1, 0.15) is 48.6 Å². The van der Waals surface area contributed by atoms with Gasteiger partial charge in [0.2, 0.25) is 10.0 Å². The van der Waals surface area contributed by atoms with Crippen molar-refractivity contribution in [3.63, 3.8) is 0 Å². The van der Waals surface area contributed by atoms with Gasteiger partial charge in [0.1, 0.15) is 5.82 Å². The van der Waals surface area contributed by atoms with Gasteiger partial charge in [0.25, 0.3) is 10.0 Å². The molecule has 0 amide bonds. The summed E-state index contributed by atoms with van der Waals surface area (Å²) in [4.78, 5) is -0.0161. The standard InChI is InChI=1S/C26H28ClFN2O4S2/c1-30(2)36(33,34)22-14-12-21(13-15-22)35(31,32)29-26-6-4-3-5-24(26)19-9-7-18(8-10-19)23-16-11-20(27)17-25(23)28/h3-6,11-19,29H,7-10H2,1-2H3.